The maximum absolute atomic E-state index is 10.3. The average molecular weight is 1680 g/mol. The first-order valence-electron chi connectivity index (χ1n) is 51.2. The normalized spacial score (nSPS) is 36.2. The third-order valence-corrected chi connectivity index (χ3v) is 36.3. The van der Waals surface area contributed by atoms with Crippen LogP contribution in [0.4, 0.5) is 0 Å². The Morgan fingerprint density at radius 2 is 0.754 bits per heavy atom. The molecule has 0 radical (unpaired) electrons. The Hall–Kier alpha value is -3.92. The largest absolute Gasteiger partial charge is 0.393 e. The van der Waals surface area contributed by atoms with Gasteiger partial charge in [-0.05, 0) is 397 Å². The highest BCUT2D eigenvalue weighted by molar-refractivity contribution is 5.40. The molecule has 7 heteroatoms. The van der Waals surface area contributed by atoms with Crippen LogP contribution in [0.3, 0.4) is 0 Å². The first-order chi connectivity index (χ1) is 57.8. The molecule has 0 aromatic heterocycles. The average Bonchev–Trinajstić information content (AvgIpc) is 1.62. The maximum Gasteiger partial charge on any atom is 0.0591 e. The maximum atomic E-state index is 10.3. The molecule has 12 rings (SSSR count). The third kappa shape index (κ3) is 26.7. The van der Waals surface area contributed by atoms with Crippen molar-refractivity contribution in [3.63, 3.8) is 0 Å². The minimum atomic E-state index is -0.535. The van der Waals surface area contributed by atoms with Crippen molar-refractivity contribution < 1.29 is 35.4 Å². The van der Waals surface area contributed by atoms with E-state index in [2.05, 4.69) is 210 Å². The van der Waals surface area contributed by atoms with Crippen molar-refractivity contribution in [2.75, 3.05) is 6.61 Å². The van der Waals surface area contributed by atoms with E-state index in [1.54, 1.807) is 22.3 Å². The van der Waals surface area contributed by atoms with Gasteiger partial charge in [0.15, 0.2) is 0 Å². The monoisotopic (exact) mass is 1680 g/mol. The lowest BCUT2D eigenvalue weighted by Crippen LogP contribution is -2.38. The molecule has 0 aromatic carbocycles. The van der Waals surface area contributed by atoms with Crippen LogP contribution in [0.2, 0.25) is 0 Å². The van der Waals surface area contributed by atoms with Gasteiger partial charge in [0, 0.05) is 6.61 Å². The second kappa shape index (κ2) is 46.1. The SMILES string of the molecule is C=C1CC[C@H](O)C/C1=C/C=C1\CCC[C@]2(C)C(C(C)/C=C/C=C/C(C)(CC)CC)CC[C@@H]12.C=C1CC[C@H](O)C/C1=C/C=C1\CCC[C@]2(C)C(C(C)CCCC(C)(C)O)CC[C@@H]12.C=C1CC[C@H](O)C/C1=C/C=C1\CCC[C@]2(C)C(C(C)OCCCC(C)(CC)CC)CC[C@@H]12.C=C1CC[C@H](O)C/C1=C\C=C1/CCC[C@]2(C)C(C(C)CC[C@@H](O)C(C)C)CC[C@@H]12. The van der Waals surface area contributed by atoms with Crippen molar-refractivity contribution in [3.05, 3.63) is 166 Å². The molecule has 122 heavy (non-hydrogen) atoms. The Labute approximate surface area is 750 Å². The van der Waals surface area contributed by atoms with Crippen LogP contribution in [0.25, 0.3) is 0 Å². The second-order valence-electron chi connectivity index (χ2n) is 45.3. The molecule has 688 valence electrons. The van der Waals surface area contributed by atoms with Crippen molar-refractivity contribution in [3.8, 4) is 0 Å². The Kier molecular flexibility index (Phi) is 38.4. The van der Waals surface area contributed by atoms with Gasteiger partial charge in [0.1, 0.15) is 0 Å². The van der Waals surface area contributed by atoms with Crippen LogP contribution >= 0.6 is 0 Å². The molecule has 0 amide bonds. The minimum Gasteiger partial charge on any atom is -0.393 e. The van der Waals surface area contributed by atoms with Crippen LogP contribution in [-0.2, 0) is 4.74 Å². The summed E-state index contributed by atoms with van der Waals surface area (Å²) in [6.45, 7) is 59.8. The van der Waals surface area contributed by atoms with Crippen molar-refractivity contribution in [2.24, 2.45) is 104 Å². The summed E-state index contributed by atoms with van der Waals surface area (Å²) in [5, 5.41) is 60.5. The minimum absolute atomic E-state index is 0.158. The van der Waals surface area contributed by atoms with E-state index in [1.807, 2.05) is 13.8 Å². The fourth-order valence-electron chi connectivity index (χ4n) is 26.9. The molecule has 12 aliphatic carbocycles. The standard InChI is InChI=1S/C31H48O.C30H50O2.2C27H44O2/c1-7-30(5,8-2)20-10-9-12-24(4)28-18-19-29-25(13-11-21-31(28,29)6)15-16-26-22-27(32)17-14-23(26)3;1-7-29(5,8-2)18-10-20-32-23(4)27-16-17-28-24(11-9-19-30(27,28)6)13-14-25-21-26(31)15-12-22(25)3;1-19-10-13-23(28)18-22(19)12-11-21-9-7-17-27(5)24(14-15-25(21)27)20(2)8-6-16-26(3,4)29;1-18(2)26(29)15-9-20(4)24-13-14-25-21(7-6-16-27(24,25)5)10-11-22-17-23(28)12-8-19(22)3/h9-10,12,15-16,20,24,27-29,32H,3,7-8,11,13-14,17-19,21-22H2,1-2,4-6H3;13-14,23,26-28,31H,3,7-12,15-21H2,1-2,4-6H3;11-12,20,23-25,28-29H,1,6-10,13-18H2,2-5H3;10-11,18,20,23-26,28-29H,3,6-9,12-17H2,1-2,4-5H3/b12-9+,20-10+,25-15+,26-16-;24-13+,25-14-;21-11+,22-12-;21-10+,22-11+/t24?,27-,28?,29-,31+;23?,26-,27?,28-,30+;20?,23-,24?,25-,27+;20?,23-,24?,25-,26+,27+/m0000/s1. The van der Waals surface area contributed by atoms with E-state index in [4.69, 9.17) is 4.74 Å². The van der Waals surface area contributed by atoms with Gasteiger partial charge >= 0.3 is 0 Å². The Balaban J connectivity index is 0.000000185. The number of fused-ring (bicyclic) bond motifs is 4. The summed E-state index contributed by atoms with van der Waals surface area (Å²) in [6.07, 6.45) is 76.8. The number of hydrogen-bond acceptors (Lipinski definition) is 7. The van der Waals surface area contributed by atoms with Crippen molar-refractivity contribution in [2.45, 2.75) is 443 Å². The van der Waals surface area contributed by atoms with E-state index in [1.165, 1.54) is 218 Å². The summed E-state index contributed by atoms with van der Waals surface area (Å²) in [6, 6.07) is 0. The molecule has 0 bridgehead atoms. The summed E-state index contributed by atoms with van der Waals surface area (Å²) >= 11 is 0. The first kappa shape index (κ1) is 102. The molecule has 12 aliphatic rings. The van der Waals surface area contributed by atoms with Gasteiger partial charge in [0.2, 0.25) is 0 Å². The van der Waals surface area contributed by atoms with Crippen LogP contribution in [0, 0.1) is 104 Å². The molecule has 6 N–H and O–H groups in total. The van der Waals surface area contributed by atoms with E-state index in [9.17, 15) is 30.6 Å². The lowest BCUT2D eigenvalue weighted by molar-refractivity contribution is -0.0282. The van der Waals surface area contributed by atoms with Crippen LogP contribution in [0.15, 0.2) is 166 Å². The molecule has 12 fully saturated rings. The van der Waals surface area contributed by atoms with Gasteiger partial charge in [-0.15, -0.1) is 0 Å². The van der Waals surface area contributed by atoms with Crippen LogP contribution in [-0.4, -0.2) is 79.5 Å². The van der Waals surface area contributed by atoms with Gasteiger partial charge in [0.25, 0.3) is 0 Å². The van der Waals surface area contributed by atoms with Crippen molar-refractivity contribution in [1.82, 2.24) is 0 Å². The zero-order valence-corrected chi connectivity index (χ0v) is 81.9. The number of rotatable bonds is 28. The molecule has 0 aliphatic heterocycles. The number of aliphatic hydroxyl groups excluding tert-OH is 5. The molecule has 8 unspecified atom stereocenters. The van der Waals surface area contributed by atoms with E-state index in [0.29, 0.717) is 74.1 Å². The molecule has 21 atom stereocenters. The van der Waals surface area contributed by atoms with E-state index in [-0.39, 0.29) is 30.5 Å². The summed E-state index contributed by atoms with van der Waals surface area (Å²) in [7, 11) is 0. The highest BCUT2D eigenvalue weighted by Crippen LogP contribution is 2.64. The Morgan fingerprint density at radius 3 is 1.11 bits per heavy atom. The van der Waals surface area contributed by atoms with Crippen molar-refractivity contribution in [1.29, 1.82) is 0 Å². The molecule has 7 nitrogen and oxygen atoms in total. The fraction of sp³-hybridized carbons (Fsp3) is 0.757. The van der Waals surface area contributed by atoms with Gasteiger partial charge in [-0.1, -0.05) is 273 Å². The number of ether oxygens (including phenoxy) is 1. The van der Waals surface area contributed by atoms with Crippen molar-refractivity contribution >= 4 is 0 Å². The molecule has 12 saturated carbocycles. The summed E-state index contributed by atoms with van der Waals surface area (Å²) in [5.74, 6) is 8.24. The molecule has 0 saturated heterocycles. The van der Waals surface area contributed by atoms with Crippen LogP contribution in [0.1, 0.15) is 401 Å². The lowest BCUT2D eigenvalue weighted by Gasteiger charge is -2.44. The zero-order valence-electron chi connectivity index (χ0n) is 81.9. The molecular weight excluding hydrogens is 1490 g/mol. The summed E-state index contributed by atoms with van der Waals surface area (Å²) < 4.78 is 6.47. The number of allylic oxidation sites excluding steroid dienone is 20. The Bertz CT molecular complexity index is 3720. The lowest BCUT2D eigenvalue weighted by atomic mass is 9.60. The first-order valence-corrected chi connectivity index (χ1v) is 51.2. The van der Waals surface area contributed by atoms with Gasteiger partial charge < -0.3 is 35.4 Å². The number of hydrogen-bond donors (Lipinski definition) is 6. The van der Waals surface area contributed by atoms with Gasteiger partial charge in [0.05, 0.1) is 42.2 Å². The van der Waals surface area contributed by atoms with Gasteiger partial charge in [-0.3, -0.25) is 0 Å². The quantitative estimate of drug-likeness (QED) is 0.0340. The van der Waals surface area contributed by atoms with E-state index >= 15 is 0 Å². The number of aliphatic hydroxyl groups is 6. The summed E-state index contributed by atoms with van der Waals surface area (Å²) in [4.78, 5) is 0. The van der Waals surface area contributed by atoms with E-state index < -0.39 is 5.60 Å². The van der Waals surface area contributed by atoms with Gasteiger partial charge in [-0.25, -0.2) is 0 Å². The smallest absolute Gasteiger partial charge is 0.0591 e. The highest BCUT2D eigenvalue weighted by atomic mass is 16.5. The predicted molar refractivity (Wildman–Crippen MR) is 521 cm³/mol. The van der Waals surface area contributed by atoms with Crippen LogP contribution in [0.5, 0.6) is 0 Å². The zero-order chi connectivity index (χ0) is 89.1. The molecule has 0 aromatic rings. The predicted octanol–water partition coefficient (Wildman–Crippen LogP) is 30.2. The second-order valence-corrected chi connectivity index (χ2v) is 45.3. The molecule has 0 spiro atoms. The fourth-order valence-corrected chi connectivity index (χ4v) is 26.9. The molecule has 0 heterocycles. The third-order valence-electron chi connectivity index (χ3n) is 36.3. The van der Waals surface area contributed by atoms with E-state index in [0.717, 1.165) is 145 Å². The Morgan fingerprint density at radius 1 is 0.410 bits per heavy atom. The molecular formula is C115H186O7. The highest BCUT2D eigenvalue weighted by Gasteiger charge is 2.55. The van der Waals surface area contributed by atoms with Gasteiger partial charge in [-0.2, -0.15) is 0 Å². The topological polar surface area (TPSA) is 131 Å². The summed E-state index contributed by atoms with van der Waals surface area (Å²) in [5.41, 5.74) is 18.4. The van der Waals surface area contributed by atoms with Crippen LogP contribution < -0.4 is 0 Å².